The van der Waals surface area contributed by atoms with Gasteiger partial charge in [-0.15, -0.1) is 11.8 Å². The summed E-state index contributed by atoms with van der Waals surface area (Å²) in [6.07, 6.45) is 3.81. The number of rotatable bonds is 4. The van der Waals surface area contributed by atoms with Crippen LogP contribution in [0.2, 0.25) is 0 Å². The van der Waals surface area contributed by atoms with Crippen molar-refractivity contribution in [2.45, 2.75) is 11.4 Å². The summed E-state index contributed by atoms with van der Waals surface area (Å²) in [6.45, 7) is 5.66. The van der Waals surface area contributed by atoms with Crippen LogP contribution >= 0.6 is 11.8 Å². The minimum atomic E-state index is 0.461. The van der Waals surface area contributed by atoms with E-state index in [1.165, 1.54) is 28.9 Å². The Morgan fingerprint density at radius 2 is 1.81 bits per heavy atom. The van der Waals surface area contributed by atoms with Gasteiger partial charge >= 0.3 is 0 Å². The van der Waals surface area contributed by atoms with Gasteiger partial charge in [-0.05, 0) is 30.0 Å². The summed E-state index contributed by atoms with van der Waals surface area (Å²) in [7, 11) is 0. The molecule has 132 valence electrons. The Labute approximate surface area is 158 Å². The van der Waals surface area contributed by atoms with E-state index in [0.717, 1.165) is 31.0 Å². The Hall–Kier alpha value is -2.11. The van der Waals surface area contributed by atoms with Gasteiger partial charge < -0.3 is 4.90 Å². The Kier molecular flexibility index (Phi) is 3.87. The molecule has 2 saturated heterocycles. The molecule has 1 spiro atoms. The molecule has 3 aromatic rings. The van der Waals surface area contributed by atoms with Gasteiger partial charge in [0.1, 0.15) is 12.1 Å². The van der Waals surface area contributed by atoms with E-state index in [-0.39, 0.29) is 0 Å². The van der Waals surface area contributed by atoms with E-state index in [2.05, 4.69) is 74.6 Å². The highest BCUT2D eigenvalue weighted by atomic mass is 32.2. The van der Waals surface area contributed by atoms with Gasteiger partial charge in [-0.25, -0.2) is 9.97 Å². The van der Waals surface area contributed by atoms with Crippen LogP contribution in [-0.2, 0) is 6.54 Å². The van der Waals surface area contributed by atoms with Crippen molar-refractivity contribution >= 4 is 28.5 Å². The molecule has 5 heteroatoms. The average Bonchev–Trinajstić information content (AvgIpc) is 2.62. The van der Waals surface area contributed by atoms with Gasteiger partial charge in [-0.3, -0.25) is 4.90 Å². The van der Waals surface area contributed by atoms with Crippen LogP contribution in [0.15, 0.2) is 59.8 Å². The number of aromatic nitrogens is 2. The first-order valence-corrected chi connectivity index (χ1v) is 10.3. The van der Waals surface area contributed by atoms with Gasteiger partial charge in [0.15, 0.2) is 0 Å². The van der Waals surface area contributed by atoms with Crippen LogP contribution in [-0.4, -0.2) is 47.3 Å². The van der Waals surface area contributed by atoms with Crippen molar-refractivity contribution in [3.05, 3.63) is 60.4 Å². The number of hydrogen-bond donors (Lipinski definition) is 0. The van der Waals surface area contributed by atoms with Crippen LogP contribution in [0, 0.1) is 5.41 Å². The van der Waals surface area contributed by atoms with Crippen LogP contribution in [0.3, 0.4) is 0 Å². The van der Waals surface area contributed by atoms with Gasteiger partial charge in [-0.1, -0.05) is 30.3 Å². The molecule has 0 bridgehead atoms. The zero-order chi connectivity index (χ0) is 17.6. The predicted molar refractivity (Wildman–Crippen MR) is 108 cm³/mol. The lowest BCUT2D eigenvalue weighted by molar-refractivity contribution is -0.0275. The standard InChI is InChI=1S/C21H22N4S/c1-26-17-7-8-19-18(9-17)20(23-15-22-19)25-13-21(14-25)11-24(12-21)10-16-5-3-2-4-6-16/h2-9,15H,10-14H2,1H3. The van der Waals surface area contributed by atoms with Crippen LogP contribution in [0.25, 0.3) is 10.9 Å². The maximum atomic E-state index is 4.61. The van der Waals surface area contributed by atoms with Gasteiger partial charge in [0.05, 0.1) is 5.52 Å². The average molecular weight is 363 g/mol. The Morgan fingerprint density at radius 3 is 2.58 bits per heavy atom. The summed E-state index contributed by atoms with van der Waals surface area (Å²) in [5.74, 6) is 1.10. The summed E-state index contributed by atoms with van der Waals surface area (Å²) in [5.41, 5.74) is 2.90. The lowest BCUT2D eigenvalue weighted by Crippen LogP contribution is -2.72. The third kappa shape index (κ3) is 2.75. The molecule has 4 nitrogen and oxygen atoms in total. The number of nitrogens with zero attached hydrogens (tertiary/aromatic N) is 4. The minimum Gasteiger partial charge on any atom is -0.355 e. The largest absolute Gasteiger partial charge is 0.355 e. The quantitative estimate of drug-likeness (QED) is 0.661. The zero-order valence-corrected chi connectivity index (χ0v) is 15.7. The lowest BCUT2D eigenvalue weighted by atomic mass is 9.72. The maximum absolute atomic E-state index is 4.61. The van der Waals surface area contributed by atoms with Crippen LogP contribution in [0.4, 0.5) is 5.82 Å². The van der Waals surface area contributed by atoms with E-state index in [1.54, 1.807) is 18.1 Å². The van der Waals surface area contributed by atoms with E-state index < -0.39 is 0 Å². The summed E-state index contributed by atoms with van der Waals surface area (Å²) >= 11 is 1.77. The summed E-state index contributed by atoms with van der Waals surface area (Å²) in [6, 6.07) is 17.2. The van der Waals surface area contributed by atoms with Crippen molar-refractivity contribution in [3.8, 4) is 0 Å². The predicted octanol–water partition coefficient (Wildman–Crippen LogP) is 3.67. The molecule has 1 aromatic heterocycles. The Balaban J connectivity index is 1.27. The molecule has 0 atom stereocenters. The van der Waals surface area contributed by atoms with Gasteiger partial charge in [0.2, 0.25) is 0 Å². The van der Waals surface area contributed by atoms with Crippen molar-refractivity contribution < 1.29 is 0 Å². The molecule has 0 aliphatic carbocycles. The number of fused-ring (bicyclic) bond motifs is 1. The topological polar surface area (TPSA) is 32.3 Å². The molecule has 2 aliphatic rings. The summed E-state index contributed by atoms with van der Waals surface area (Å²) < 4.78 is 0. The highest BCUT2D eigenvalue weighted by Gasteiger charge is 2.52. The number of likely N-dealkylation sites (tertiary alicyclic amines) is 1. The van der Waals surface area contributed by atoms with E-state index in [4.69, 9.17) is 0 Å². The monoisotopic (exact) mass is 362 g/mol. The number of hydrogen-bond acceptors (Lipinski definition) is 5. The first-order chi connectivity index (χ1) is 12.7. The van der Waals surface area contributed by atoms with Crippen molar-refractivity contribution in [2.24, 2.45) is 5.41 Å². The lowest BCUT2D eigenvalue weighted by Gasteiger charge is -2.60. The second-order valence-electron chi connectivity index (χ2n) is 7.57. The van der Waals surface area contributed by atoms with E-state index >= 15 is 0 Å². The third-order valence-corrected chi connectivity index (χ3v) is 6.27. The Bertz CT molecular complexity index is 929. The number of anilines is 1. The normalized spacial score (nSPS) is 18.7. The fourth-order valence-electron chi connectivity index (χ4n) is 4.37. The molecule has 2 aliphatic heterocycles. The molecular weight excluding hydrogens is 340 g/mol. The van der Waals surface area contributed by atoms with Crippen LogP contribution < -0.4 is 4.90 Å². The second kappa shape index (κ2) is 6.25. The number of benzene rings is 2. The molecule has 2 aromatic carbocycles. The highest BCUT2D eigenvalue weighted by Crippen LogP contribution is 2.43. The van der Waals surface area contributed by atoms with Gasteiger partial charge in [-0.2, -0.15) is 0 Å². The summed E-state index contributed by atoms with van der Waals surface area (Å²) in [4.78, 5) is 15.3. The SMILES string of the molecule is CSc1ccc2ncnc(N3CC4(CN(Cc5ccccc5)C4)C3)c2c1. The number of thioether (sulfide) groups is 1. The molecule has 0 N–H and O–H groups in total. The molecular formula is C21H22N4S. The van der Waals surface area contributed by atoms with E-state index in [9.17, 15) is 0 Å². The van der Waals surface area contributed by atoms with Crippen LogP contribution in [0.5, 0.6) is 0 Å². The second-order valence-corrected chi connectivity index (χ2v) is 8.45. The first kappa shape index (κ1) is 16.1. The third-order valence-electron chi connectivity index (χ3n) is 5.54. The molecule has 5 rings (SSSR count). The fraction of sp³-hybridized carbons (Fsp3) is 0.333. The Morgan fingerprint density at radius 1 is 1.00 bits per heavy atom. The molecule has 0 radical (unpaired) electrons. The van der Waals surface area contributed by atoms with Crippen molar-refractivity contribution in [2.75, 3.05) is 37.3 Å². The van der Waals surface area contributed by atoms with E-state index in [1.807, 2.05) is 0 Å². The smallest absolute Gasteiger partial charge is 0.139 e. The molecule has 0 amide bonds. The molecule has 2 fully saturated rings. The van der Waals surface area contributed by atoms with Crippen molar-refractivity contribution in [1.29, 1.82) is 0 Å². The highest BCUT2D eigenvalue weighted by molar-refractivity contribution is 7.98. The summed E-state index contributed by atoms with van der Waals surface area (Å²) in [5, 5.41) is 1.18. The molecule has 26 heavy (non-hydrogen) atoms. The minimum absolute atomic E-state index is 0.461. The van der Waals surface area contributed by atoms with Gasteiger partial charge in [0.25, 0.3) is 0 Å². The molecule has 3 heterocycles. The zero-order valence-electron chi connectivity index (χ0n) is 14.9. The molecule has 0 unspecified atom stereocenters. The fourth-order valence-corrected chi connectivity index (χ4v) is 4.81. The first-order valence-electron chi connectivity index (χ1n) is 9.05. The maximum Gasteiger partial charge on any atom is 0.139 e. The van der Waals surface area contributed by atoms with Crippen molar-refractivity contribution in [1.82, 2.24) is 14.9 Å². The van der Waals surface area contributed by atoms with Gasteiger partial charge in [0, 0.05) is 48.4 Å². The van der Waals surface area contributed by atoms with E-state index in [0.29, 0.717) is 5.41 Å². The van der Waals surface area contributed by atoms with Crippen LogP contribution in [0.1, 0.15) is 5.56 Å². The molecule has 0 saturated carbocycles. The van der Waals surface area contributed by atoms with Crippen molar-refractivity contribution in [3.63, 3.8) is 0 Å².